The summed E-state index contributed by atoms with van der Waals surface area (Å²) in [7, 11) is 0. The third-order valence-corrected chi connectivity index (χ3v) is 3.91. The molecule has 0 radical (unpaired) electrons. The molecule has 0 bridgehead atoms. The van der Waals surface area contributed by atoms with Gasteiger partial charge in [0.2, 0.25) is 0 Å². The van der Waals surface area contributed by atoms with E-state index < -0.39 is 0 Å². The molecule has 0 amide bonds. The van der Waals surface area contributed by atoms with Crippen LogP contribution in [0.3, 0.4) is 0 Å². The van der Waals surface area contributed by atoms with Crippen LogP contribution in [-0.4, -0.2) is 6.61 Å². The highest BCUT2D eigenvalue weighted by Gasteiger charge is 2.06. The van der Waals surface area contributed by atoms with Gasteiger partial charge >= 0.3 is 0 Å². The third kappa shape index (κ3) is 5.23. The first-order valence-electron chi connectivity index (χ1n) is 7.29. The van der Waals surface area contributed by atoms with Crippen LogP contribution in [0.5, 0.6) is 5.75 Å². The highest BCUT2D eigenvalue weighted by Crippen LogP contribution is 2.22. The van der Waals surface area contributed by atoms with Crippen LogP contribution < -0.4 is 10.1 Å². The Morgan fingerprint density at radius 1 is 0.952 bits per heavy atom. The summed E-state index contributed by atoms with van der Waals surface area (Å²) in [5.41, 5.74) is 2.40. The summed E-state index contributed by atoms with van der Waals surface area (Å²) < 4.78 is 6.96. The summed E-state index contributed by atoms with van der Waals surface area (Å²) >= 11 is 2.32. The monoisotopic (exact) mass is 395 g/mol. The van der Waals surface area contributed by atoms with Crippen LogP contribution in [-0.2, 0) is 0 Å². The molecule has 0 saturated heterocycles. The van der Waals surface area contributed by atoms with E-state index in [1.165, 1.54) is 9.13 Å². The van der Waals surface area contributed by atoms with Crippen LogP contribution in [0.2, 0.25) is 0 Å². The number of anilines is 1. The first-order chi connectivity index (χ1) is 10.0. The second kappa shape index (κ2) is 7.69. The van der Waals surface area contributed by atoms with Gasteiger partial charge in [-0.25, -0.2) is 0 Å². The van der Waals surface area contributed by atoms with E-state index in [2.05, 4.69) is 85.1 Å². The Morgan fingerprint density at radius 3 is 2.14 bits per heavy atom. The van der Waals surface area contributed by atoms with Crippen molar-refractivity contribution in [3.8, 4) is 5.75 Å². The van der Waals surface area contributed by atoms with Crippen molar-refractivity contribution < 1.29 is 4.74 Å². The van der Waals surface area contributed by atoms with E-state index in [0.717, 1.165) is 18.0 Å². The van der Waals surface area contributed by atoms with E-state index in [1.807, 2.05) is 12.1 Å². The van der Waals surface area contributed by atoms with Crippen LogP contribution in [0, 0.1) is 9.49 Å². The van der Waals surface area contributed by atoms with E-state index in [0.29, 0.717) is 5.92 Å². The van der Waals surface area contributed by atoms with Crippen molar-refractivity contribution in [3.63, 3.8) is 0 Å². The van der Waals surface area contributed by atoms with Gasteiger partial charge in [0.25, 0.3) is 0 Å². The zero-order chi connectivity index (χ0) is 15.2. The molecule has 0 aliphatic rings. The summed E-state index contributed by atoms with van der Waals surface area (Å²) in [6, 6.07) is 17.0. The smallest absolute Gasteiger partial charge is 0.119 e. The summed E-state index contributed by atoms with van der Waals surface area (Å²) in [5.74, 6) is 1.49. The molecule has 0 aliphatic heterocycles. The average Bonchev–Trinajstić information content (AvgIpc) is 2.48. The molecule has 0 aromatic heterocycles. The number of nitrogens with one attached hydrogen (secondary N) is 1. The zero-order valence-electron chi connectivity index (χ0n) is 12.8. The van der Waals surface area contributed by atoms with Gasteiger partial charge < -0.3 is 10.1 Å². The molecule has 2 aromatic carbocycles. The molecule has 1 atom stereocenters. The molecule has 1 unspecified atom stereocenters. The van der Waals surface area contributed by atoms with E-state index in [1.54, 1.807) is 0 Å². The lowest BCUT2D eigenvalue weighted by Gasteiger charge is -2.16. The lowest BCUT2D eigenvalue weighted by atomic mass is 10.1. The fourth-order valence-electron chi connectivity index (χ4n) is 2.00. The van der Waals surface area contributed by atoms with Crippen LogP contribution >= 0.6 is 22.6 Å². The molecule has 0 heterocycles. The minimum atomic E-state index is 0.268. The number of hydrogen-bond donors (Lipinski definition) is 1. The third-order valence-electron chi connectivity index (χ3n) is 3.19. The van der Waals surface area contributed by atoms with Crippen molar-refractivity contribution in [3.05, 3.63) is 57.7 Å². The highest BCUT2D eigenvalue weighted by molar-refractivity contribution is 14.1. The molecule has 0 aliphatic carbocycles. The average molecular weight is 395 g/mol. The Balaban J connectivity index is 1.96. The molecule has 2 aromatic rings. The van der Waals surface area contributed by atoms with Crippen LogP contribution in [0.15, 0.2) is 48.5 Å². The minimum absolute atomic E-state index is 0.268. The minimum Gasteiger partial charge on any atom is -0.493 e. The maximum Gasteiger partial charge on any atom is 0.119 e. The molecule has 2 rings (SSSR count). The molecular weight excluding hydrogens is 373 g/mol. The fraction of sp³-hybridized carbons (Fsp3) is 0.333. The van der Waals surface area contributed by atoms with Crippen molar-refractivity contribution >= 4 is 28.3 Å². The maximum absolute atomic E-state index is 5.71. The molecule has 21 heavy (non-hydrogen) atoms. The predicted molar refractivity (Wildman–Crippen MR) is 98.0 cm³/mol. The van der Waals surface area contributed by atoms with E-state index >= 15 is 0 Å². The van der Waals surface area contributed by atoms with Gasteiger partial charge in [-0.3, -0.25) is 0 Å². The summed E-state index contributed by atoms with van der Waals surface area (Å²) in [6.07, 6.45) is 0. The van der Waals surface area contributed by atoms with Gasteiger partial charge in [-0.05, 0) is 77.4 Å². The molecule has 112 valence electrons. The Morgan fingerprint density at radius 2 is 1.57 bits per heavy atom. The van der Waals surface area contributed by atoms with Gasteiger partial charge in [0.15, 0.2) is 0 Å². The standard InChI is InChI=1S/C18H22INO/c1-13(2)12-21-18-10-4-15(5-11-18)14(3)20-17-8-6-16(19)7-9-17/h4-11,13-14,20H,12H2,1-3H3. The second-order valence-electron chi connectivity index (χ2n) is 5.65. The van der Waals surface area contributed by atoms with Gasteiger partial charge in [-0.1, -0.05) is 26.0 Å². The van der Waals surface area contributed by atoms with Gasteiger partial charge in [0.1, 0.15) is 5.75 Å². The summed E-state index contributed by atoms with van der Waals surface area (Å²) in [4.78, 5) is 0. The normalized spacial score (nSPS) is 12.2. The summed E-state index contributed by atoms with van der Waals surface area (Å²) in [5, 5.41) is 3.51. The predicted octanol–water partition coefficient (Wildman–Crippen LogP) is 5.50. The number of ether oxygens (including phenoxy) is 1. The van der Waals surface area contributed by atoms with Gasteiger partial charge in [0.05, 0.1) is 6.61 Å². The van der Waals surface area contributed by atoms with Gasteiger partial charge in [-0.15, -0.1) is 0 Å². The molecule has 0 spiro atoms. The fourth-order valence-corrected chi connectivity index (χ4v) is 2.35. The van der Waals surface area contributed by atoms with Crippen molar-refractivity contribution in [2.45, 2.75) is 26.8 Å². The number of halogens is 1. The van der Waals surface area contributed by atoms with Crippen molar-refractivity contribution in [1.82, 2.24) is 0 Å². The molecule has 1 N–H and O–H groups in total. The lowest BCUT2D eigenvalue weighted by Crippen LogP contribution is -2.07. The lowest BCUT2D eigenvalue weighted by molar-refractivity contribution is 0.271. The first kappa shape index (κ1) is 16.1. The Labute approximate surface area is 141 Å². The van der Waals surface area contributed by atoms with Crippen molar-refractivity contribution in [2.24, 2.45) is 5.92 Å². The summed E-state index contributed by atoms with van der Waals surface area (Å²) in [6.45, 7) is 7.24. The number of hydrogen-bond acceptors (Lipinski definition) is 2. The topological polar surface area (TPSA) is 21.3 Å². The number of benzene rings is 2. The Kier molecular flexibility index (Phi) is 5.91. The Hall–Kier alpha value is -1.23. The van der Waals surface area contributed by atoms with Crippen LogP contribution in [0.25, 0.3) is 0 Å². The van der Waals surface area contributed by atoms with Gasteiger partial charge in [0, 0.05) is 15.3 Å². The van der Waals surface area contributed by atoms with Crippen LogP contribution in [0.1, 0.15) is 32.4 Å². The molecule has 2 nitrogen and oxygen atoms in total. The van der Waals surface area contributed by atoms with Crippen molar-refractivity contribution in [2.75, 3.05) is 11.9 Å². The van der Waals surface area contributed by atoms with E-state index in [-0.39, 0.29) is 6.04 Å². The van der Waals surface area contributed by atoms with E-state index in [9.17, 15) is 0 Å². The largest absolute Gasteiger partial charge is 0.493 e. The van der Waals surface area contributed by atoms with Gasteiger partial charge in [-0.2, -0.15) is 0 Å². The van der Waals surface area contributed by atoms with Crippen molar-refractivity contribution in [1.29, 1.82) is 0 Å². The SMILES string of the molecule is CC(C)COc1ccc(C(C)Nc2ccc(I)cc2)cc1. The molecule has 0 saturated carbocycles. The quantitative estimate of drug-likeness (QED) is 0.653. The zero-order valence-corrected chi connectivity index (χ0v) is 14.9. The maximum atomic E-state index is 5.71. The number of rotatable bonds is 6. The Bertz CT molecular complexity index is 548. The second-order valence-corrected chi connectivity index (χ2v) is 6.89. The first-order valence-corrected chi connectivity index (χ1v) is 8.37. The molecule has 3 heteroatoms. The molecular formula is C18H22INO. The molecule has 0 fully saturated rings. The highest BCUT2D eigenvalue weighted by atomic mass is 127. The van der Waals surface area contributed by atoms with Crippen LogP contribution in [0.4, 0.5) is 5.69 Å². The van der Waals surface area contributed by atoms with E-state index in [4.69, 9.17) is 4.74 Å².